The van der Waals surface area contributed by atoms with Gasteiger partial charge in [-0.2, -0.15) is 0 Å². The molecule has 1 aliphatic rings. The molecule has 0 radical (unpaired) electrons. The van der Waals surface area contributed by atoms with Crippen molar-refractivity contribution in [2.45, 2.75) is 19.3 Å². The number of nitrogens with zero attached hydrogens (tertiary/aromatic N) is 1. The summed E-state index contributed by atoms with van der Waals surface area (Å²) in [4.78, 5) is 12.4. The van der Waals surface area contributed by atoms with Crippen molar-refractivity contribution in [2.24, 2.45) is 17.4 Å². The number of rotatable bonds is 2. The van der Waals surface area contributed by atoms with Gasteiger partial charge in [0.1, 0.15) is 0 Å². The number of piperidine rings is 1. The zero-order chi connectivity index (χ0) is 8.97. The van der Waals surface area contributed by atoms with E-state index in [2.05, 4.69) is 0 Å². The van der Waals surface area contributed by atoms with Gasteiger partial charge in [0, 0.05) is 13.1 Å². The van der Waals surface area contributed by atoms with E-state index in [-0.39, 0.29) is 6.03 Å². The molecule has 1 saturated heterocycles. The molecular formula is C8H17N3O. The highest BCUT2D eigenvalue weighted by Gasteiger charge is 2.19. The summed E-state index contributed by atoms with van der Waals surface area (Å²) >= 11 is 0. The molecule has 0 aromatic heterocycles. The number of nitrogens with two attached hydrogens (primary N) is 2. The van der Waals surface area contributed by atoms with Crippen LogP contribution in [0.1, 0.15) is 19.3 Å². The number of primary amides is 1. The van der Waals surface area contributed by atoms with E-state index < -0.39 is 0 Å². The van der Waals surface area contributed by atoms with Crippen LogP contribution in [0.5, 0.6) is 0 Å². The molecule has 70 valence electrons. The number of carbonyl (C=O) groups is 1. The van der Waals surface area contributed by atoms with Crippen molar-refractivity contribution in [1.82, 2.24) is 4.90 Å². The van der Waals surface area contributed by atoms with E-state index in [0.29, 0.717) is 5.92 Å². The van der Waals surface area contributed by atoms with Gasteiger partial charge in [0.15, 0.2) is 0 Å². The summed E-state index contributed by atoms with van der Waals surface area (Å²) in [6.45, 7) is 2.36. The van der Waals surface area contributed by atoms with E-state index in [4.69, 9.17) is 11.5 Å². The lowest BCUT2D eigenvalue weighted by Gasteiger charge is -2.30. The fourth-order valence-corrected chi connectivity index (χ4v) is 1.68. The molecule has 0 aromatic rings. The average molecular weight is 171 g/mol. The van der Waals surface area contributed by atoms with Crippen LogP contribution in [-0.4, -0.2) is 30.6 Å². The van der Waals surface area contributed by atoms with Gasteiger partial charge in [-0.25, -0.2) is 4.79 Å². The maximum Gasteiger partial charge on any atom is 0.314 e. The smallest absolute Gasteiger partial charge is 0.314 e. The van der Waals surface area contributed by atoms with E-state index in [1.165, 1.54) is 0 Å². The highest BCUT2D eigenvalue weighted by molar-refractivity contribution is 5.72. The van der Waals surface area contributed by atoms with E-state index in [1.807, 2.05) is 0 Å². The van der Waals surface area contributed by atoms with Crippen LogP contribution in [0.4, 0.5) is 4.79 Å². The third-order valence-corrected chi connectivity index (χ3v) is 2.50. The third kappa shape index (κ3) is 2.37. The molecule has 0 unspecified atom stereocenters. The molecule has 2 amide bonds. The Balaban J connectivity index is 2.25. The number of hydrogen-bond donors (Lipinski definition) is 2. The lowest BCUT2D eigenvalue weighted by Crippen LogP contribution is -2.41. The first-order valence-corrected chi connectivity index (χ1v) is 4.48. The normalized spacial score (nSPS) is 19.6. The quantitative estimate of drug-likeness (QED) is 0.619. The number of hydrogen-bond acceptors (Lipinski definition) is 2. The second kappa shape index (κ2) is 4.30. The van der Waals surface area contributed by atoms with Gasteiger partial charge in [0.25, 0.3) is 0 Å². The Bertz CT molecular complexity index is 152. The van der Waals surface area contributed by atoms with Crippen molar-refractivity contribution in [3.8, 4) is 0 Å². The van der Waals surface area contributed by atoms with E-state index in [0.717, 1.165) is 38.9 Å². The van der Waals surface area contributed by atoms with Crippen molar-refractivity contribution < 1.29 is 4.79 Å². The van der Waals surface area contributed by atoms with E-state index in [1.54, 1.807) is 4.90 Å². The molecular weight excluding hydrogens is 154 g/mol. The van der Waals surface area contributed by atoms with Crippen LogP contribution in [0, 0.1) is 5.92 Å². The fraction of sp³-hybridized carbons (Fsp3) is 0.875. The van der Waals surface area contributed by atoms with E-state index >= 15 is 0 Å². The molecule has 0 spiro atoms. The van der Waals surface area contributed by atoms with Crippen LogP contribution in [0.15, 0.2) is 0 Å². The highest BCUT2D eigenvalue weighted by Crippen LogP contribution is 2.19. The highest BCUT2D eigenvalue weighted by atomic mass is 16.2. The van der Waals surface area contributed by atoms with Crippen molar-refractivity contribution >= 4 is 6.03 Å². The largest absolute Gasteiger partial charge is 0.351 e. The van der Waals surface area contributed by atoms with Crippen LogP contribution >= 0.6 is 0 Å². The Labute approximate surface area is 72.9 Å². The predicted molar refractivity (Wildman–Crippen MR) is 47.6 cm³/mol. The molecule has 0 atom stereocenters. The van der Waals surface area contributed by atoms with Crippen LogP contribution in [0.25, 0.3) is 0 Å². The number of carbonyl (C=O) groups excluding carboxylic acids is 1. The molecule has 1 rings (SSSR count). The summed E-state index contributed by atoms with van der Waals surface area (Å²) in [5, 5.41) is 0. The fourth-order valence-electron chi connectivity index (χ4n) is 1.68. The molecule has 4 nitrogen and oxygen atoms in total. The second-order valence-electron chi connectivity index (χ2n) is 3.35. The minimum absolute atomic E-state index is 0.291. The monoisotopic (exact) mass is 171 g/mol. The van der Waals surface area contributed by atoms with Crippen LogP contribution in [0.2, 0.25) is 0 Å². The summed E-state index contributed by atoms with van der Waals surface area (Å²) in [5.41, 5.74) is 10.6. The van der Waals surface area contributed by atoms with Crippen molar-refractivity contribution in [3.63, 3.8) is 0 Å². The minimum Gasteiger partial charge on any atom is -0.351 e. The Morgan fingerprint density at radius 2 is 2.00 bits per heavy atom. The molecule has 0 aromatic carbocycles. The first kappa shape index (κ1) is 9.32. The van der Waals surface area contributed by atoms with Gasteiger partial charge in [0.2, 0.25) is 0 Å². The molecule has 1 aliphatic heterocycles. The first-order chi connectivity index (χ1) is 5.74. The van der Waals surface area contributed by atoms with Crippen molar-refractivity contribution in [1.29, 1.82) is 0 Å². The predicted octanol–water partition coefficient (Wildman–Crippen LogP) is 0.126. The first-order valence-electron chi connectivity index (χ1n) is 4.48. The summed E-state index contributed by atoms with van der Waals surface area (Å²) in [5.74, 6) is 0.700. The number of amides is 2. The zero-order valence-corrected chi connectivity index (χ0v) is 7.33. The SMILES string of the molecule is NCCC1CCN(C(N)=O)CC1. The summed E-state index contributed by atoms with van der Waals surface area (Å²) in [6, 6.07) is -0.291. The van der Waals surface area contributed by atoms with Crippen molar-refractivity contribution in [3.05, 3.63) is 0 Å². The van der Waals surface area contributed by atoms with Gasteiger partial charge in [-0.3, -0.25) is 0 Å². The van der Waals surface area contributed by atoms with Gasteiger partial charge in [-0.15, -0.1) is 0 Å². The minimum atomic E-state index is -0.291. The average Bonchev–Trinajstić information content (AvgIpc) is 2.06. The van der Waals surface area contributed by atoms with Gasteiger partial charge in [-0.1, -0.05) is 0 Å². The lowest BCUT2D eigenvalue weighted by molar-refractivity contribution is 0.177. The number of likely N-dealkylation sites (tertiary alicyclic amines) is 1. The van der Waals surface area contributed by atoms with Crippen LogP contribution in [0.3, 0.4) is 0 Å². The molecule has 1 heterocycles. The van der Waals surface area contributed by atoms with Crippen LogP contribution in [-0.2, 0) is 0 Å². The molecule has 12 heavy (non-hydrogen) atoms. The molecule has 0 aliphatic carbocycles. The molecule has 4 heteroatoms. The van der Waals surface area contributed by atoms with Gasteiger partial charge < -0.3 is 16.4 Å². The molecule has 0 bridgehead atoms. The molecule has 1 fully saturated rings. The van der Waals surface area contributed by atoms with Gasteiger partial charge >= 0.3 is 6.03 Å². The van der Waals surface area contributed by atoms with Crippen molar-refractivity contribution in [2.75, 3.05) is 19.6 Å². The topological polar surface area (TPSA) is 72.3 Å². The Hall–Kier alpha value is -0.770. The number of urea groups is 1. The Morgan fingerprint density at radius 3 is 2.42 bits per heavy atom. The maximum atomic E-state index is 10.7. The molecule has 0 saturated carbocycles. The Morgan fingerprint density at radius 1 is 1.42 bits per heavy atom. The van der Waals surface area contributed by atoms with Crippen LogP contribution < -0.4 is 11.5 Å². The third-order valence-electron chi connectivity index (χ3n) is 2.50. The lowest BCUT2D eigenvalue weighted by atomic mass is 9.94. The zero-order valence-electron chi connectivity index (χ0n) is 7.33. The van der Waals surface area contributed by atoms with E-state index in [9.17, 15) is 4.79 Å². The molecule has 4 N–H and O–H groups in total. The standard InChI is InChI=1S/C8H17N3O/c9-4-1-7-2-5-11(6-3-7)8(10)12/h7H,1-6,9H2,(H2,10,12). The Kier molecular flexibility index (Phi) is 3.34. The van der Waals surface area contributed by atoms with Gasteiger partial charge in [0.05, 0.1) is 0 Å². The van der Waals surface area contributed by atoms with Gasteiger partial charge in [-0.05, 0) is 31.7 Å². The summed E-state index contributed by atoms with van der Waals surface area (Å²) < 4.78 is 0. The summed E-state index contributed by atoms with van der Waals surface area (Å²) in [6.07, 6.45) is 3.19. The maximum absolute atomic E-state index is 10.7. The summed E-state index contributed by atoms with van der Waals surface area (Å²) in [7, 11) is 0. The second-order valence-corrected chi connectivity index (χ2v) is 3.35.